The zero-order valence-electron chi connectivity index (χ0n) is 40.4. The molecule has 1 aromatic rings. The van der Waals surface area contributed by atoms with E-state index in [1.807, 2.05) is 13.8 Å². The third kappa shape index (κ3) is 23.6. The number of guanidine groups is 1. The van der Waals surface area contributed by atoms with Gasteiger partial charge in [-0.2, -0.15) is 0 Å². The number of carbonyl (C=O) groups excluding carboxylic acids is 8. The van der Waals surface area contributed by atoms with E-state index >= 15 is 0 Å². The number of nitrogens with two attached hydrogens (primary N) is 3. The number of methoxy groups -OCH3 is 1. The number of carbonyl (C=O) groups is 9. The summed E-state index contributed by atoms with van der Waals surface area (Å²) in [4.78, 5) is 120. The van der Waals surface area contributed by atoms with Gasteiger partial charge in [-0.15, -0.1) is 0 Å². The van der Waals surface area contributed by atoms with E-state index in [0.717, 1.165) is 6.92 Å². The zero-order chi connectivity index (χ0) is 53.1. The molecule has 0 aliphatic heterocycles. The van der Waals surface area contributed by atoms with Gasteiger partial charge in [0.05, 0.1) is 25.0 Å². The highest BCUT2D eigenvalue weighted by Gasteiger charge is 2.36. The zero-order valence-corrected chi connectivity index (χ0v) is 40.4. The number of carboxylic acids is 1. The Hall–Kier alpha value is -6.64. The van der Waals surface area contributed by atoms with Gasteiger partial charge in [-0.25, -0.2) is 0 Å². The molecule has 0 heterocycles. The number of hydrogen-bond acceptors (Lipinski definition) is 15. The van der Waals surface area contributed by atoms with Crippen molar-refractivity contribution in [1.82, 2.24) is 42.5 Å². The lowest BCUT2D eigenvalue weighted by molar-refractivity contribution is -0.142. The first kappa shape index (κ1) is 61.4. The maximum absolute atomic E-state index is 14.2. The number of aliphatic carboxylic acids is 1. The minimum Gasteiger partial charge on any atom is -0.508 e. The van der Waals surface area contributed by atoms with Crippen molar-refractivity contribution in [3.63, 3.8) is 0 Å². The summed E-state index contributed by atoms with van der Waals surface area (Å²) >= 11 is 0. The van der Waals surface area contributed by atoms with Crippen molar-refractivity contribution < 1.29 is 68.3 Å². The first-order valence-corrected chi connectivity index (χ1v) is 22.9. The molecule has 70 heavy (non-hydrogen) atoms. The van der Waals surface area contributed by atoms with E-state index in [-0.39, 0.29) is 82.3 Å². The molecular weight excluding hydrogens is 921 g/mol. The summed E-state index contributed by atoms with van der Waals surface area (Å²) in [5.41, 5.74) is 17.1. The van der Waals surface area contributed by atoms with Crippen molar-refractivity contribution in [2.24, 2.45) is 29.0 Å². The predicted octanol–water partition coefficient (Wildman–Crippen LogP) is -4.23. The molecule has 1 aromatic carbocycles. The quantitative estimate of drug-likeness (QED) is 0.0177. The van der Waals surface area contributed by atoms with E-state index in [9.17, 15) is 63.6 Å². The third-order valence-corrected chi connectivity index (χ3v) is 10.6. The van der Waals surface area contributed by atoms with E-state index in [4.69, 9.17) is 27.3 Å². The topological polar surface area (TPSA) is 442 Å². The first-order chi connectivity index (χ1) is 32.9. The van der Waals surface area contributed by atoms with E-state index in [1.54, 1.807) is 0 Å². The summed E-state index contributed by atoms with van der Waals surface area (Å²) in [6.07, 6.45) is -2.25. The van der Waals surface area contributed by atoms with Crippen LogP contribution in [0.3, 0.4) is 0 Å². The number of ether oxygens (including phenoxy) is 1. The Morgan fingerprint density at radius 1 is 0.657 bits per heavy atom. The average molecular weight is 995 g/mol. The highest BCUT2D eigenvalue weighted by Crippen LogP contribution is 2.14. The Bertz CT molecular complexity index is 1900. The predicted molar refractivity (Wildman–Crippen MR) is 253 cm³/mol. The van der Waals surface area contributed by atoms with Crippen LogP contribution >= 0.6 is 0 Å². The van der Waals surface area contributed by atoms with Crippen molar-refractivity contribution >= 4 is 59.2 Å². The van der Waals surface area contributed by atoms with Crippen LogP contribution in [0, 0.1) is 17.2 Å². The second-order valence-corrected chi connectivity index (χ2v) is 17.2. The number of nitrogens with one attached hydrogen (secondary N) is 9. The summed E-state index contributed by atoms with van der Waals surface area (Å²) in [5, 5.41) is 66.8. The van der Waals surface area contributed by atoms with Crippen molar-refractivity contribution in [1.29, 1.82) is 5.41 Å². The van der Waals surface area contributed by atoms with Crippen molar-refractivity contribution in [2.45, 2.75) is 134 Å². The van der Waals surface area contributed by atoms with Gasteiger partial charge in [-0.3, -0.25) is 48.6 Å². The van der Waals surface area contributed by atoms with Crippen LogP contribution in [-0.2, 0) is 54.3 Å². The normalized spacial score (nSPS) is 14.9. The van der Waals surface area contributed by atoms with Crippen LogP contribution in [0.2, 0.25) is 0 Å². The van der Waals surface area contributed by atoms with Crippen LogP contribution in [0.25, 0.3) is 0 Å². The Labute approximate surface area is 406 Å². The number of phenols is 1. The summed E-state index contributed by atoms with van der Waals surface area (Å²) in [5.74, 6) is -10.5. The number of hydrogen-bond donors (Lipinski definition) is 16. The fraction of sp³-hybridized carbons (Fsp3) is 0.636. The fourth-order valence-electron chi connectivity index (χ4n) is 6.65. The fourth-order valence-corrected chi connectivity index (χ4v) is 6.65. The summed E-state index contributed by atoms with van der Waals surface area (Å²) < 4.78 is 5.01. The van der Waals surface area contributed by atoms with Gasteiger partial charge in [0.25, 0.3) is 0 Å². The second kappa shape index (κ2) is 32.2. The molecule has 0 aromatic heterocycles. The number of benzene rings is 1. The molecule has 394 valence electrons. The van der Waals surface area contributed by atoms with E-state index in [1.165, 1.54) is 38.3 Å². The molecule has 9 atom stereocenters. The van der Waals surface area contributed by atoms with Gasteiger partial charge < -0.3 is 84.9 Å². The number of carboxylic acid groups (broad SMARTS) is 1. The summed E-state index contributed by atoms with van der Waals surface area (Å²) in [7, 11) is 1.34. The lowest BCUT2D eigenvalue weighted by Crippen LogP contribution is -2.61. The number of unbranched alkanes of at least 4 members (excludes halogenated alkanes) is 1. The molecule has 19 N–H and O–H groups in total. The molecule has 26 nitrogen and oxygen atoms in total. The van der Waals surface area contributed by atoms with Gasteiger partial charge in [0.15, 0.2) is 5.96 Å². The lowest BCUT2D eigenvalue weighted by Gasteiger charge is -2.28. The number of aliphatic hydroxyl groups is 2. The smallest absolute Gasteiger partial charge is 0.305 e. The molecule has 0 saturated heterocycles. The first-order valence-electron chi connectivity index (χ1n) is 22.9. The van der Waals surface area contributed by atoms with E-state index in [0.29, 0.717) is 12.0 Å². The van der Waals surface area contributed by atoms with Crippen molar-refractivity contribution in [3.8, 4) is 5.75 Å². The standard InChI is InChI=1S/C44H74N12O14/c1-23(2)19-31(36(46)62)53-38(64)29(10-8-17-49-44(47)48)52-41(67)32(20-26-11-13-27(59)14-12-26)54-39(65)28(9-6-7-16-45)51-42(68)33(21-34(60)61)55-43(69)35(25(4)58)56-40(66)30(15-18-70-5)50-37(63)24(3)22-57/h11-14,23-25,28-33,35,57-59H,6-10,15-22,45H2,1-5H3,(H2,46,62)(H,50,63)(H,51,68)(H,52,67)(H,53,64)(H,54,65)(H,55,69)(H,56,66)(H,60,61)(H4,47,48,49)/t24-,25+,28-,29-,30-,31-,32-,33-,35-/m0/s1. The molecule has 0 fully saturated rings. The number of amides is 8. The Morgan fingerprint density at radius 3 is 1.64 bits per heavy atom. The Morgan fingerprint density at radius 2 is 1.14 bits per heavy atom. The average Bonchev–Trinajstić information content (AvgIpc) is 3.28. The van der Waals surface area contributed by atoms with Gasteiger partial charge >= 0.3 is 5.97 Å². The highest BCUT2D eigenvalue weighted by molar-refractivity contribution is 5.98. The Kier molecular flexibility index (Phi) is 28.3. The largest absolute Gasteiger partial charge is 0.508 e. The van der Waals surface area contributed by atoms with E-state index in [2.05, 4.69) is 42.5 Å². The van der Waals surface area contributed by atoms with Crippen LogP contribution in [-0.4, -0.2) is 161 Å². The van der Waals surface area contributed by atoms with Gasteiger partial charge in [-0.1, -0.05) is 32.9 Å². The molecular formula is C44H74N12O14. The molecule has 8 amide bonds. The second-order valence-electron chi connectivity index (χ2n) is 17.2. The number of aromatic hydroxyl groups is 1. The number of rotatable bonds is 34. The van der Waals surface area contributed by atoms with Gasteiger partial charge in [0, 0.05) is 26.7 Å². The van der Waals surface area contributed by atoms with Crippen molar-refractivity contribution in [3.05, 3.63) is 29.8 Å². The van der Waals surface area contributed by atoms with Crippen LogP contribution < -0.4 is 59.7 Å². The van der Waals surface area contributed by atoms with Crippen LogP contribution in [0.15, 0.2) is 24.3 Å². The summed E-state index contributed by atoms with van der Waals surface area (Å²) in [6, 6.07) is -4.87. The molecule has 0 unspecified atom stereocenters. The van der Waals surface area contributed by atoms with Crippen LogP contribution in [0.1, 0.15) is 84.6 Å². The maximum atomic E-state index is 14.2. The summed E-state index contributed by atoms with van der Waals surface area (Å²) in [6.45, 7) is 5.87. The molecule has 0 saturated carbocycles. The SMILES string of the molecule is COCC[C@H](NC(=O)[C@@H](C)CO)C(=O)N[C@H](C(=O)N[C@@H](CC(=O)O)C(=O)N[C@@H](CCCCN)C(=O)N[C@@H](Cc1ccc(O)cc1)C(=O)N[C@@H](CCCNC(=N)N)C(=O)N[C@@H](CC(C)C)C(N)=O)[C@@H](C)O. The number of primary amides is 1. The lowest BCUT2D eigenvalue weighted by atomic mass is 10.0. The van der Waals surface area contributed by atoms with Gasteiger partial charge in [-0.05, 0) is 82.0 Å². The highest BCUT2D eigenvalue weighted by atomic mass is 16.5. The third-order valence-electron chi connectivity index (χ3n) is 10.6. The number of aliphatic hydroxyl groups excluding tert-OH is 2. The van der Waals surface area contributed by atoms with Gasteiger partial charge in [0.1, 0.15) is 48.0 Å². The molecule has 0 aliphatic carbocycles. The monoisotopic (exact) mass is 995 g/mol. The number of phenolic OH excluding ortho intramolecular Hbond substituents is 1. The molecule has 0 radical (unpaired) electrons. The van der Waals surface area contributed by atoms with Crippen LogP contribution in [0.4, 0.5) is 0 Å². The van der Waals surface area contributed by atoms with Crippen molar-refractivity contribution in [2.75, 3.05) is 33.4 Å². The minimum absolute atomic E-state index is 0.0311. The van der Waals surface area contributed by atoms with Gasteiger partial charge in [0.2, 0.25) is 47.3 Å². The molecule has 0 spiro atoms. The van der Waals surface area contributed by atoms with Crippen LogP contribution in [0.5, 0.6) is 5.75 Å². The molecule has 0 aliphatic rings. The Balaban J connectivity index is 3.58. The minimum atomic E-state index is -1.92. The molecule has 26 heteroatoms. The van der Waals surface area contributed by atoms with E-state index < -0.39 is 121 Å². The molecule has 0 bridgehead atoms. The maximum Gasteiger partial charge on any atom is 0.305 e. The molecule has 1 rings (SSSR count).